The number of carbonyl (C=O) groups is 3. The minimum atomic E-state index is -0.617. The molecule has 0 saturated carbocycles. The molecule has 10 nitrogen and oxygen atoms in total. The molecule has 2 amide bonds. The van der Waals surface area contributed by atoms with Gasteiger partial charge in [0.15, 0.2) is 11.5 Å². The fourth-order valence-electron chi connectivity index (χ4n) is 2.91. The molecule has 11 heteroatoms. The van der Waals surface area contributed by atoms with Gasteiger partial charge in [-0.25, -0.2) is 10.2 Å². The van der Waals surface area contributed by atoms with E-state index in [0.29, 0.717) is 32.9 Å². The highest BCUT2D eigenvalue weighted by molar-refractivity contribution is 9.10. The van der Waals surface area contributed by atoms with Gasteiger partial charge in [0, 0.05) is 21.7 Å². The fraction of sp³-hybridized carbons (Fsp3) is 0.0833. The van der Waals surface area contributed by atoms with E-state index < -0.39 is 17.8 Å². The quantitative estimate of drug-likeness (QED) is 0.148. The van der Waals surface area contributed by atoms with Crippen LogP contribution in [0.1, 0.15) is 21.7 Å². The number of carbonyl (C=O) groups excluding carboxylic acids is 3. The van der Waals surface area contributed by atoms with Crippen molar-refractivity contribution in [1.29, 1.82) is 0 Å². The maximum Gasteiger partial charge on any atom is 0.336 e. The van der Waals surface area contributed by atoms with Crippen molar-refractivity contribution in [3.8, 4) is 17.2 Å². The van der Waals surface area contributed by atoms with Crippen molar-refractivity contribution < 1.29 is 33.0 Å². The summed E-state index contributed by atoms with van der Waals surface area (Å²) in [5.41, 5.74) is 3.07. The normalized spacial score (nSPS) is 12.1. The van der Waals surface area contributed by atoms with Gasteiger partial charge < -0.3 is 23.9 Å². The summed E-state index contributed by atoms with van der Waals surface area (Å²) >= 11 is 3.34. The van der Waals surface area contributed by atoms with Crippen molar-refractivity contribution in [2.45, 2.75) is 0 Å². The monoisotopic (exact) mass is 539 g/mol. The van der Waals surface area contributed by atoms with Crippen LogP contribution in [-0.2, 0) is 9.59 Å². The van der Waals surface area contributed by atoms with E-state index in [1.165, 1.54) is 30.7 Å². The molecule has 0 aliphatic carbocycles. The Kier molecular flexibility index (Phi) is 7.58. The second-order valence-electron chi connectivity index (χ2n) is 7.00. The van der Waals surface area contributed by atoms with Gasteiger partial charge in [-0.05, 0) is 54.6 Å². The Hall–Kier alpha value is -4.38. The van der Waals surface area contributed by atoms with E-state index in [1.54, 1.807) is 42.5 Å². The van der Waals surface area contributed by atoms with E-state index in [0.717, 1.165) is 0 Å². The van der Waals surface area contributed by atoms with Crippen LogP contribution in [0.5, 0.6) is 17.2 Å². The van der Waals surface area contributed by atoms with Gasteiger partial charge >= 0.3 is 5.97 Å². The van der Waals surface area contributed by atoms with Crippen LogP contribution in [0.25, 0.3) is 6.08 Å². The first-order valence-electron chi connectivity index (χ1n) is 10.2. The highest BCUT2D eigenvalue weighted by Gasteiger charge is 2.16. The number of nitrogens with one attached hydrogen (secondary N) is 2. The largest absolute Gasteiger partial charge is 0.465 e. The van der Waals surface area contributed by atoms with E-state index in [9.17, 15) is 14.4 Å². The standard InChI is InChI=1S/C24H18BrN3O7/c25-17-4-7-19(35-23(30)8-5-18-2-1-9-32-18)16(10-17)12-27-28-22(29)13-26-24(31)15-3-6-20-21(11-15)34-14-33-20/h1-12H,13-14H2,(H,26,31)(H,28,29)/b8-5+,27-12+. The number of hydrogen-bond donors (Lipinski definition) is 2. The Bertz CT molecular complexity index is 1300. The number of fused-ring (bicyclic) bond motifs is 1. The number of ether oxygens (including phenoxy) is 3. The van der Waals surface area contributed by atoms with E-state index in [-0.39, 0.29) is 19.1 Å². The highest BCUT2D eigenvalue weighted by Crippen LogP contribution is 2.32. The topological polar surface area (TPSA) is 128 Å². The van der Waals surface area contributed by atoms with Gasteiger partial charge in [-0.1, -0.05) is 15.9 Å². The van der Waals surface area contributed by atoms with E-state index >= 15 is 0 Å². The Labute approximate surface area is 207 Å². The van der Waals surface area contributed by atoms with Crippen molar-refractivity contribution >= 4 is 46.0 Å². The number of amides is 2. The van der Waals surface area contributed by atoms with Gasteiger partial charge in [0.25, 0.3) is 11.8 Å². The predicted octanol–water partition coefficient (Wildman–Crippen LogP) is 3.27. The maximum absolute atomic E-state index is 12.3. The molecule has 2 heterocycles. The van der Waals surface area contributed by atoms with Gasteiger partial charge in [-0.2, -0.15) is 5.10 Å². The van der Waals surface area contributed by atoms with Crippen LogP contribution in [0.4, 0.5) is 0 Å². The second-order valence-corrected chi connectivity index (χ2v) is 7.91. The molecule has 2 N–H and O–H groups in total. The number of halogens is 1. The van der Waals surface area contributed by atoms with Crippen molar-refractivity contribution in [2.24, 2.45) is 5.10 Å². The molecule has 2 aromatic carbocycles. The number of hydrazone groups is 1. The summed E-state index contributed by atoms with van der Waals surface area (Å²) in [4.78, 5) is 36.5. The van der Waals surface area contributed by atoms with Crippen LogP contribution in [0, 0.1) is 0 Å². The molecular weight excluding hydrogens is 522 g/mol. The third kappa shape index (κ3) is 6.58. The average Bonchev–Trinajstić information content (AvgIpc) is 3.54. The smallest absolute Gasteiger partial charge is 0.336 e. The molecule has 0 spiro atoms. The molecule has 3 aromatic rings. The number of esters is 1. The average molecular weight is 540 g/mol. The van der Waals surface area contributed by atoms with Crippen LogP contribution in [0.15, 0.2) is 74.9 Å². The number of rotatable bonds is 8. The summed E-state index contributed by atoms with van der Waals surface area (Å²) < 4.78 is 21.6. The third-order valence-electron chi connectivity index (χ3n) is 4.55. The summed E-state index contributed by atoms with van der Waals surface area (Å²) in [7, 11) is 0. The summed E-state index contributed by atoms with van der Waals surface area (Å²) in [6, 6.07) is 13.1. The lowest BCUT2D eigenvalue weighted by atomic mass is 10.2. The molecule has 0 saturated heterocycles. The van der Waals surface area contributed by atoms with Gasteiger partial charge in [-0.3, -0.25) is 9.59 Å². The SMILES string of the molecule is O=C(CNC(=O)c1ccc2c(c1)OCO2)N/N=C/c1cc(Br)ccc1OC(=O)/C=C/c1ccco1. The van der Waals surface area contributed by atoms with Gasteiger partial charge in [0.1, 0.15) is 11.5 Å². The lowest BCUT2D eigenvalue weighted by Gasteiger charge is -2.07. The Morgan fingerprint density at radius 3 is 2.77 bits per heavy atom. The molecule has 178 valence electrons. The summed E-state index contributed by atoms with van der Waals surface area (Å²) in [5, 5.41) is 6.38. The first kappa shape index (κ1) is 23.8. The summed E-state index contributed by atoms with van der Waals surface area (Å²) in [6.07, 6.45) is 5.52. The van der Waals surface area contributed by atoms with Crippen molar-refractivity contribution in [2.75, 3.05) is 13.3 Å². The van der Waals surface area contributed by atoms with Crippen LogP contribution in [0.3, 0.4) is 0 Å². The molecule has 35 heavy (non-hydrogen) atoms. The van der Waals surface area contributed by atoms with Gasteiger partial charge in [0.05, 0.1) is 19.0 Å². The van der Waals surface area contributed by atoms with Crippen LogP contribution in [0.2, 0.25) is 0 Å². The lowest BCUT2D eigenvalue weighted by molar-refractivity contribution is -0.129. The molecular formula is C24H18BrN3O7. The Balaban J connectivity index is 1.30. The van der Waals surface area contributed by atoms with Crippen molar-refractivity contribution in [3.63, 3.8) is 0 Å². The fourth-order valence-corrected chi connectivity index (χ4v) is 3.28. The number of nitrogens with zero attached hydrogens (tertiary/aromatic N) is 1. The number of benzene rings is 2. The van der Waals surface area contributed by atoms with Crippen LogP contribution < -0.4 is 25.0 Å². The molecule has 1 aliphatic heterocycles. The number of hydrogen-bond acceptors (Lipinski definition) is 8. The third-order valence-corrected chi connectivity index (χ3v) is 5.04. The predicted molar refractivity (Wildman–Crippen MR) is 128 cm³/mol. The summed E-state index contributed by atoms with van der Waals surface area (Å²) in [5.74, 6) is 0.142. The Morgan fingerprint density at radius 1 is 1.09 bits per heavy atom. The first-order valence-corrected chi connectivity index (χ1v) is 11.0. The molecule has 0 radical (unpaired) electrons. The molecule has 1 aromatic heterocycles. The zero-order valence-corrected chi connectivity index (χ0v) is 19.6. The molecule has 1 aliphatic rings. The maximum atomic E-state index is 12.3. The molecule has 0 bridgehead atoms. The van der Waals surface area contributed by atoms with Crippen molar-refractivity contribution in [3.05, 3.63) is 82.2 Å². The number of furan rings is 1. The molecule has 0 atom stereocenters. The van der Waals surface area contributed by atoms with Crippen molar-refractivity contribution in [1.82, 2.24) is 10.7 Å². The molecule has 0 fully saturated rings. The van der Waals surface area contributed by atoms with E-state index in [1.807, 2.05) is 0 Å². The van der Waals surface area contributed by atoms with E-state index in [4.69, 9.17) is 18.6 Å². The second kappa shape index (κ2) is 11.2. The van der Waals surface area contributed by atoms with Gasteiger partial charge in [-0.15, -0.1) is 0 Å². The highest BCUT2D eigenvalue weighted by atomic mass is 79.9. The minimum Gasteiger partial charge on any atom is -0.465 e. The first-order chi connectivity index (χ1) is 17.0. The van der Waals surface area contributed by atoms with Gasteiger partial charge in [0.2, 0.25) is 6.79 Å². The lowest BCUT2D eigenvalue weighted by Crippen LogP contribution is -2.34. The zero-order chi connectivity index (χ0) is 24.6. The van der Waals surface area contributed by atoms with Crippen LogP contribution in [-0.4, -0.2) is 37.3 Å². The van der Waals surface area contributed by atoms with Crippen LogP contribution >= 0.6 is 15.9 Å². The van der Waals surface area contributed by atoms with E-state index in [2.05, 4.69) is 31.8 Å². The zero-order valence-electron chi connectivity index (χ0n) is 18.0. The Morgan fingerprint density at radius 2 is 1.94 bits per heavy atom. The molecule has 0 unspecified atom stereocenters. The summed E-state index contributed by atoms with van der Waals surface area (Å²) in [6.45, 7) is -0.204. The minimum absolute atomic E-state index is 0.0986. The molecule has 4 rings (SSSR count).